The zero-order valence-electron chi connectivity index (χ0n) is 12.2. The Hall–Kier alpha value is -1.39. The lowest BCUT2D eigenvalue weighted by atomic mass is 9.77. The van der Waals surface area contributed by atoms with Crippen molar-refractivity contribution in [2.24, 2.45) is 0 Å². The number of benzene rings is 1. The van der Waals surface area contributed by atoms with Crippen LogP contribution in [0.15, 0.2) is 28.8 Å². The molecule has 3 rings (SSSR count). The van der Waals surface area contributed by atoms with Gasteiger partial charge < -0.3 is 9.84 Å². The number of halogens is 1. The average molecular weight is 306 g/mol. The quantitative estimate of drug-likeness (QED) is 0.933. The molecule has 1 N–H and O–H groups in total. The van der Waals surface area contributed by atoms with E-state index in [0.29, 0.717) is 10.8 Å². The van der Waals surface area contributed by atoms with Crippen LogP contribution in [0.5, 0.6) is 0 Å². The Morgan fingerprint density at radius 3 is 3.05 bits per heavy atom. The molecule has 0 aliphatic carbocycles. The molecular formula is C16H20ClN3O. The summed E-state index contributed by atoms with van der Waals surface area (Å²) in [5.74, 6) is 1.38. The van der Waals surface area contributed by atoms with Crippen LogP contribution in [-0.4, -0.2) is 23.2 Å². The summed E-state index contributed by atoms with van der Waals surface area (Å²) < 4.78 is 5.61. The van der Waals surface area contributed by atoms with Crippen LogP contribution in [0.1, 0.15) is 38.5 Å². The molecule has 0 saturated carbocycles. The number of nitrogens with zero attached hydrogens (tertiary/aromatic N) is 2. The van der Waals surface area contributed by atoms with Gasteiger partial charge in [0.15, 0.2) is 0 Å². The van der Waals surface area contributed by atoms with Crippen molar-refractivity contribution >= 4 is 11.6 Å². The zero-order valence-corrected chi connectivity index (χ0v) is 13.0. The molecule has 1 aliphatic heterocycles. The maximum atomic E-state index is 6.03. The van der Waals surface area contributed by atoms with E-state index in [1.54, 1.807) is 0 Å². The lowest BCUT2D eigenvalue weighted by Gasteiger charge is -2.34. The Labute approximate surface area is 129 Å². The summed E-state index contributed by atoms with van der Waals surface area (Å²) in [6, 6.07) is 7.56. The van der Waals surface area contributed by atoms with Crippen LogP contribution in [0.2, 0.25) is 5.02 Å². The number of hydrogen-bond donors (Lipinski definition) is 1. The molecule has 0 bridgehead atoms. The van der Waals surface area contributed by atoms with Gasteiger partial charge in [-0.3, -0.25) is 0 Å². The van der Waals surface area contributed by atoms with Crippen molar-refractivity contribution in [3.8, 4) is 11.4 Å². The summed E-state index contributed by atoms with van der Waals surface area (Å²) >= 11 is 6.03. The minimum absolute atomic E-state index is 0.0170. The molecule has 0 spiro atoms. The van der Waals surface area contributed by atoms with Crippen molar-refractivity contribution in [1.82, 2.24) is 15.5 Å². The summed E-state index contributed by atoms with van der Waals surface area (Å²) in [7, 11) is 0. The molecule has 0 amide bonds. The molecule has 2 aromatic rings. The molecule has 4 nitrogen and oxygen atoms in total. The highest BCUT2D eigenvalue weighted by atomic mass is 35.5. The van der Waals surface area contributed by atoms with E-state index in [1.165, 1.54) is 0 Å². The Morgan fingerprint density at radius 1 is 1.43 bits per heavy atom. The van der Waals surface area contributed by atoms with Crippen LogP contribution < -0.4 is 5.32 Å². The predicted octanol–water partition coefficient (Wildman–Crippen LogP) is 3.81. The van der Waals surface area contributed by atoms with Gasteiger partial charge in [0, 0.05) is 17.1 Å². The summed E-state index contributed by atoms with van der Waals surface area (Å²) in [5.41, 5.74) is 0.879. The third-order valence-electron chi connectivity index (χ3n) is 4.16. The maximum Gasteiger partial charge on any atom is 0.234 e. The van der Waals surface area contributed by atoms with Gasteiger partial charge in [0.1, 0.15) is 0 Å². The van der Waals surface area contributed by atoms with Crippen molar-refractivity contribution in [3.05, 3.63) is 35.2 Å². The van der Waals surface area contributed by atoms with Crippen LogP contribution in [0, 0.1) is 0 Å². The summed E-state index contributed by atoms with van der Waals surface area (Å²) in [6.07, 6.45) is 4.42. The number of rotatable bonds is 4. The second-order valence-electron chi connectivity index (χ2n) is 5.74. The molecule has 2 heterocycles. The summed E-state index contributed by atoms with van der Waals surface area (Å²) in [4.78, 5) is 4.66. The van der Waals surface area contributed by atoms with Crippen LogP contribution in [0.3, 0.4) is 0 Å². The van der Waals surface area contributed by atoms with E-state index in [4.69, 9.17) is 16.1 Å². The van der Waals surface area contributed by atoms with E-state index in [9.17, 15) is 0 Å². The van der Waals surface area contributed by atoms with Crippen molar-refractivity contribution in [3.63, 3.8) is 0 Å². The predicted molar refractivity (Wildman–Crippen MR) is 83.4 cm³/mol. The van der Waals surface area contributed by atoms with Crippen molar-refractivity contribution in [1.29, 1.82) is 0 Å². The zero-order chi connectivity index (χ0) is 14.7. The molecular weight excluding hydrogens is 286 g/mol. The summed E-state index contributed by atoms with van der Waals surface area (Å²) in [6.45, 7) is 4.18. The van der Waals surface area contributed by atoms with E-state index >= 15 is 0 Å². The van der Waals surface area contributed by atoms with Crippen LogP contribution >= 0.6 is 11.6 Å². The topological polar surface area (TPSA) is 51.0 Å². The maximum absolute atomic E-state index is 6.03. The van der Waals surface area contributed by atoms with Gasteiger partial charge in [-0.15, -0.1) is 0 Å². The van der Waals surface area contributed by atoms with Gasteiger partial charge in [-0.25, -0.2) is 0 Å². The average Bonchev–Trinajstić information content (AvgIpc) is 2.99. The number of aromatic nitrogens is 2. The first-order chi connectivity index (χ1) is 10.2. The summed E-state index contributed by atoms with van der Waals surface area (Å²) in [5, 5.41) is 8.31. The lowest BCUT2D eigenvalue weighted by molar-refractivity contribution is 0.213. The smallest absolute Gasteiger partial charge is 0.234 e. The highest BCUT2D eigenvalue weighted by molar-refractivity contribution is 6.30. The minimum atomic E-state index is -0.0170. The van der Waals surface area contributed by atoms with Crippen molar-refractivity contribution < 1.29 is 4.52 Å². The normalized spacial score (nSPS) is 22.4. The van der Waals surface area contributed by atoms with Gasteiger partial charge in [-0.1, -0.05) is 42.2 Å². The molecule has 1 aromatic carbocycles. The van der Waals surface area contributed by atoms with Gasteiger partial charge in [-0.2, -0.15) is 4.98 Å². The molecule has 1 atom stereocenters. The fraction of sp³-hybridized carbons (Fsp3) is 0.500. The van der Waals surface area contributed by atoms with Gasteiger partial charge in [0.25, 0.3) is 0 Å². The fourth-order valence-corrected chi connectivity index (χ4v) is 3.32. The van der Waals surface area contributed by atoms with E-state index in [-0.39, 0.29) is 5.41 Å². The first kappa shape index (κ1) is 14.5. The first-order valence-electron chi connectivity index (χ1n) is 7.54. The lowest BCUT2D eigenvalue weighted by Crippen LogP contribution is -2.43. The van der Waals surface area contributed by atoms with E-state index < -0.39 is 0 Å². The Morgan fingerprint density at radius 2 is 2.33 bits per heavy atom. The minimum Gasteiger partial charge on any atom is -0.338 e. The highest BCUT2D eigenvalue weighted by Gasteiger charge is 2.38. The molecule has 112 valence electrons. The molecule has 0 radical (unpaired) electrons. The SMILES string of the molecule is CCCC1(c2nc(-c3cccc(Cl)c3)no2)CCCNC1. The Balaban J connectivity index is 1.92. The Kier molecular flexibility index (Phi) is 4.27. The third-order valence-corrected chi connectivity index (χ3v) is 4.40. The van der Waals surface area contributed by atoms with Gasteiger partial charge in [0.2, 0.25) is 11.7 Å². The molecule has 5 heteroatoms. The molecule has 1 saturated heterocycles. The van der Waals surface area contributed by atoms with E-state index in [2.05, 4.69) is 22.4 Å². The van der Waals surface area contributed by atoms with Crippen LogP contribution in [0.4, 0.5) is 0 Å². The van der Waals surface area contributed by atoms with Crippen LogP contribution in [-0.2, 0) is 5.41 Å². The van der Waals surface area contributed by atoms with Crippen LogP contribution in [0.25, 0.3) is 11.4 Å². The van der Waals surface area contributed by atoms with E-state index in [1.807, 2.05) is 24.3 Å². The fourth-order valence-electron chi connectivity index (χ4n) is 3.13. The first-order valence-corrected chi connectivity index (χ1v) is 7.92. The van der Waals surface area contributed by atoms with Gasteiger partial charge in [-0.05, 0) is 37.9 Å². The van der Waals surface area contributed by atoms with E-state index in [0.717, 1.165) is 50.2 Å². The number of nitrogens with one attached hydrogen (secondary N) is 1. The number of hydrogen-bond acceptors (Lipinski definition) is 4. The monoisotopic (exact) mass is 305 g/mol. The molecule has 1 fully saturated rings. The second-order valence-corrected chi connectivity index (χ2v) is 6.18. The highest BCUT2D eigenvalue weighted by Crippen LogP contribution is 2.35. The van der Waals surface area contributed by atoms with Crippen molar-refractivity contribution in [2.75, 3.05) is 13.1 Å². The van der Waals surface area contributed by atoms with Gasteiger partial charge in [0.05, 0.1) is 5.41 Å². The number of piperidine rings is 1. The molecule has 1 aliphatic rings. The Bertz CT molecular complexity index is 600. The molecule has 1 aromatic heterocycles. The largest absolute Gasteiger partial charge is 0.338 e. The second kappa shape index (κ2) is 6.16. The molecule has 21 heavy (non-hydrogen) atoms. The third kappa shape index (κ3) is 2.97. The standard InChI is InChI=1S/C16H20ClN3O/c1-2-7-16(8-4-9-18-11-16)15-19-14(20-21-15)12-5-3-6-13(17)10-12/h3,5-6,10,18H,2,4,7-9,11H2,1H3. The molecule has 1 unspecified atom stereocenters. The van der Waals surface area contributed by atoms with Gasteiger partial charge >= 0.3 is 0 Å². The van der Waals surface area contributed by atoms with Crippen molar-refractivity contribution in [2.45, 2.75) is 38.0 Å².